The molecule has 0 saturated carbocycles. The zero-order valence-electron chi connectivity index (χ0n) is 65.1. The average Bonchev–Trinajstić information content (AvgIpc) is 1.79. The van der Waals surface area contributed by atoms with E-state index in [0.717, 1.165) is 65.9 Å². The topological polar surface area (TPSA) is 279 Å². The Morgan fingerprint density at radius 1 is 0.552 bits per heavy atom. The van der Waals surface area contributed by atoms with Gasteiger partial charge in [-0.05, 0) is 96.6 Å². The molecule has 0 aliphatic carbocycles. The lowest BCUT2D eigenvalue weighted by Crippen LogP contribution is -2.46. The number of ketones is 1. The minimum atomic E-state index is -4.95. The van der Waals surface area contributed by atoms with Crippen molar-refractivity contribution in [1.82, 2.24) is 9.80 Å². The normalized spacial score (nSPS) is 16.3. The summed E-state index contributed by atoms with van der Waals surface area (Å²) in [5.74, 6) is -6.79. The van der Waals surface area contributed by atoms with Gasteiger partial charge in [0.05, 0.1) is 44.9 Å². The lowest BCUT2D eigenvalue weighted by atomic mass is 9.95. The molecule has 4 N–H and O–H groups in total. The maximum absolute atomic E-state index is 12.9. The van der Waals surface area contributed by atoms with E-state index in [1.54, 1.807) is 20.8 Å². The van der Waals surface area contributed by atoms with Gasteiger partial charge in [0, 0.05) is 66.8 Å². The summed E-state index contributed by atoms with van der Waals surface area (Å²) in [6.07, 6.45) is -20.8. The van der Waals surface area contributed by atoms with Gasteiger partial charge in [0.2, 0.25) is 17.6 Å². The summed E-state index contributed by atoms with van der Waals surface area (Å²) in [5, 5.41) is 33.5. The van der Waals surface area contributed by atoms with E-state index in [0.29, 0.717) is 38.4 Å². The number of imide groups is 2. The quantitative estimate of drug-likeness (QED) is 0.0154. The van der Waals surface area contributed by atoms with E-state index in [-0.39, 0.29) is 70.7 Å². The lowest BCUT2D eigenvalue weighted by Gasteiger charge is -2.28. The van der Waals surface area contributed by atoms with Gasteiger partial charge in [-0.2, -0.15) is 79.0 Å². The molecule has 3 aliphatic heterocycles. The van der Waals surface area contributed by atoms with E-state index in [1.165, 1.54) is 50.8 Å². The predicted octanol–water partition coefficient (Wildman–Crippen LogP) is 17.8. The van der Waals surface area contributed by atoms with Crippen LogP contribution in [0.3, 0.4) is 0 Å². The Kier molecular flexibility index (Phi) is 57.7. The van der Waals surface area contributed by atoms with Crippen molar-refractivity contribution in [3.63, 3.8) is 0 Å². The first-order valence-corrected chi connectivity index (χ1v) is 35.4. The van der Waals surface area contributed by atoms with Crippen molar-refractivity contribution in [2.45, 2.75) is 199 Å². The van der Waals surface area contributed by atoms with Crippen molar-refractivity contribution in [2.75, 3.05) is 52.9 Å². The number of esters is 3. The number of hydrogen-bond acceptors (Lipinski definition) is 18. The van der Waals surface area contributed by atoms with Crippen LogP contribution in [-0.2, 0) is 70.0 Å². The van der Waals surface area contributed by atoms with Crippen molar-refractivity contribution in [2.24, 2.45) is 5.92 Å². The highest BCUT2D eigenvalue weighted by molar-refractivity contribution is 5.98. The summed E-state index contributed by atoms with van der Waals surface area (Å²) in [6, 6.07) is 18.5. The molecule has 3 aliphatic rings. The highest BCUT2D eigenvalue weighted by Crippen LogP contribution is 2.37. The highest BCUT2D eigenvalue weighted by atomic mass is 19.4. The van der Waals surface area contributed by atoms with Gasteiger partial charge in [-0.1, -0.05) is 130 Å². The molecule has 116 heavy (non-hydrogen) atoms. The van der Waals surface area contributed by atoms with Gasteiger partial charge in [-0.15, -0.1) is 32.9 Å². The number of halogens is 18. The Labute approximate surface area is 661 Å². The van der Waals surface area contributed by atoms with Crippen LogP contribution in [0.25, 0.3) is 0 Å². The van der Waals surface area contributed by atoms with Crippen LogP contribution in [0, 0.1) is 5.92 Å². The molecule has 5 atom stereocenters. The number of amides is 4. The summed E-state index contributed by atoms with van der Waals surface area (Å²) in [7, 11) is 0. The zero-order chi connectivity index (χ0) is 90.3. The smallest absolute Gasteiger partial charge is 0.450 e. The number of benzene rings is 2. The van der Waals surface area contributed by atoms with Gasteiger partial charge in [0.15, 0.2) is 11.9 Å². The Morgan fingerprint density at radius 3 is 1.28 bits per heavy atom. The van der Waals surface area contributed by atoms with Gasteiger partial charge in [0.25, 0.3) is 0 Å². The van der Waals surface area contributed by atoms with Crippen LogP contribution in [0.5, 0.6) is 0 Å². The molecule has 38 heteroatoms. The predicted molar refractivity (Wildman–Crippen MR) is 391 cm³/mol. The van der Waals surface area contributed by atoms with Crippen molar-refractivity contribution in [3.8, 4) is 0 Å². The van der Waals surface area contributed by atoms with E-state index in [1.807, 2.05) is 60.7 Å². The number of ether oxygens (including phenoxy) is 6. The molecule has 2 unspecified atom stereocenters. The summed E-state index contributed by atoms with van der Waals surface area (Å²) >= 11 is 0. The van der Waals surface area contributed by atoms with Crippen LogP contribution < -0.4 is 0 Å². The Morgan fingerprint density at radius 2 is 0.948 bits per heavy atom. The Balaban J connectivity index is -0.000000633. The van der Waals surface area contributed by atoms with Gasteiger partial charge < -0.3 is 48.8 Å². The Bertz CT molecular complexity index is 3360. The molecule has 2 aromatic rings. The van der Waals surface area contributed by atoms with Crippen molar-refractivity contribution in [3.05, 3.63) is 182 Å². The first-order valence-electron chi connectivity index (χ1n) is 35.4. The molecule has 20 nitrogen and oxygen atoms in total. The number of carbonyl (C=O) groups excluding carboxylic acids is 8. The molecule has 3 fully saturated rings. The van der Waals surface area contributed by atoms with E-state index < -0.39 is 157 Å². The summed E-state index contributed by atoms with van der Waals surface area (Å²) < 4.78 is 246. The van der Waals surface area contributed by atoms with Gasteiger partial charge in [0.1, 0.15) is 19.6 Å². The standard InChI is InChI=1S/C20H22F3NO3.C13H15NO3.C9H13F3O3.C9H11F3O2.C8H11F3.C7H9F3O.C6H7F3O3.C4H8O2.C2H6O/c1-3-7-16(20(21,22)23)11-10-14(2)18(25)24-17(13-27-19(24)26)12-15-8-5-4-6-9-15;1-2-12(15)14-11(9-17-13(14)16)8-10-6-4-3-5-7-10;1-3-5-8(14,9(10,11)12)6-7(13)15-4-2;1-3-5-7(9(10,11)12)6-8(13)14-4-2;1-3-5-7(6-4-2)8(9,10)11;1-2-3-6(4-5-11)7(8,9)10;1-2-12-5(11)3-4(10)6(7,8)9;5-4-2-1-3-6-4;1-2-3/h3-6,8-9,11,14,17H,1,7,10,12-13H2,2H3;3-7,11H,2,8-9H2,1H3;3,14H,1,4-6H2,2H3;3,6H,1,4-5H2,2H3;3,6H,1,4-5H2,2H3;2,4,11H,1,3,5H2;2-3H2,1H3;4-5H,1-3H2;3H,2H2,1H3/b16-11+;;;2*7-6+;6-4+;;;/t14-,17+;11-;;;;;;;/m01......./s1. The minimum Gasteiger partial charge on any atom is -0.466 e. The largest absolute Gasteiger partial charge is 0.466 e. The average molecular weight is 1700 g/mol. The maximum Gasteiger partial charge on any atom is 0.450 e. The number of allylic oxidation sites excluding steroid dienone is 10. The first-order chi connectivity index (χ1) is 53.9. The lowest BCUT2D eigenvalue weighted by molar-refractivity contribution is -0.261. The van der Waals surface area contributed by atoms with Crippen molar-refractivity contribution in [1.29, 1.82) is 0 Å². The molecule has 658 valence electrons. The fourth-order valence-corrected chi connectivity index (χ4v) is 8.88. The molecular formula is C78H102F18N2O18. The van der Waals surface area contributed by atoms with E-state index in [4.69, 9.17) is 29.5 Å². The van der Waals surface area contributed by atoms with Gasteiger partial charge in [-0.25, -0.2) is 24.2 Å². The zero-order valence-corrected chi connectivity index (χ0v) is 65.1. The molecule has 3 heterocycles. The molecule has 2 aromatic carbocycles. The third kappa shape index (κ3) is 50.2. The number of aliphatic hydroxyl groups excluding tert-OH is 3. The summed E-state index contributed by atoms with van der Waals surface area (Å²) in [5.41, 5.74) is -4.00. The minimum absolute atomic E-state index is 0.0269. The fourth-order valence-electron chi connectivity index (χ4n) is 8.88. The summed E-state index contributed by atoms with van der Waals surface area (Å²) in [4.78, 5) is 92.1. The van der Waals surface area contributed by atoms with Crippen LogP contribution in [0.2, 0.25) is 0 Å². The monoisotopic (exact) mass is 1700 g/mol. The van der Waals surface area contributed by atoms with E-state index >= 15 is 0 Å². The third-order valence-corrected chi connectivity index (χ3v) is 14.4. The van der Waals surface area contributed by atoms with Gasteiger partial charge >= 0.3 is 67.2 Å². The second kappa shape index (κ2) is 59.3. The number of hydrogen-bond donors (Lipinski definition) is 4. The number of rotatable bonds is 28. The highest BCUT2D eigenvalue weighted by Gasteiger charge is 2.54. The first kappa shape index (κ1) is 113. The summed E-state index contributed by atoms with van der Waals surface area (Å²) in [6.45, 7) is 27.8. The molecule has 0 radical (unpaired) electrons. The second-order valence-corrected chi connectivity index (χ2v) is 23.7. The number of cyclic esters (lactones) is 2. The van der Waals surface area contributed by atoms with Crippen LogP contribution in [0.1, 0.15) is 137 Å². The molecule has 0 aromatic heterocycles. The molecule has 5 rings (SSSR count). The van der Waals surface area contributed by atoms with E-state index in [9.17, 15) is 122 Å². The molecule has 0 bridgehead atoms. The van der Waals surface area contributed by atoms with E-state index in [2.05, 4.69) is 47.1 Å². The number of alkyl halides is 18. The Hall–Kier alpha value is -9.40. The van der Waals surface area contributed by atoms with Crippen molar-refractivity contribution < 1.29 is 166 Å². The number of carbonyl (C=O) groups is 8. The molecular weight excluding hydrogens is 1590 g/mol. The number of Topliss-reactive ketones (excluding diaryl/α,β-unsaturated/α-hetero) is 1. The SMILES string of the molecule is C=CC/C(=C\C(=O)OCC)C(F)(F)F.C=CC/C(=C\CC)C(F)(F)F.C=CC/C(=C\CO)C(F)(F)F.C=CC/C(=C\C[C@H](C)C(=O)N1C(=O)OC[C@H]1Cc1ccccc1)C(F)(F)F.C=CCC(O)(CC(=O)OCC)C(F)(F)F.CCC(=O)N1C(=O)OC[C@H]1Cc1ccccc1.CCO.CCOC(=O)CC(=O)C(F)(F)F.OC1CCCO1. The van der Waals surface area contributed by atoms with Crippen LogP contribution in [0.15, 0.2) is 171 Å². The molecule has 3 saturated heterocycles. The van der Waals surface area contributed by atoms with Crippen LogP contribution >= 0.6 is 0 Å². The second-order valence-electron chi connectivity index (χ2n) is 23.7. The van der Waals surface area contributed by atoms with Crippen LogP contribution in [0.4, 0.5) is 88.6 Å². The fraction of sp³-hybridized carbons (Fsp3) is 0.513. The molecule has 4 amide bonds. The van der Waals surface area contributed by atoms with Crippen molar-refractivity contribution >= 4 is 47.7 Å². The van der Waals surface area contributed by atoms with Gasteiger partial charge in [-0.3, -0.25) is 24.0 Å². The number of nitrogens with zero attached hydrogens (tertiary/aromatic N) is 2. The third-order valence-electron chi connectivity index (χ3n) is 14.4. The van der Waals surface area contributed by atoms with Crippen LogP contribution in [-0.4, -0.2) is 192 Å². The maximum atomic E-state index is 12.9. The number of aliphatic hydroxyl groups is 4. The molecule has 0 spiro atoms.